The van der Waals surface area contributed by atoms with Gasteiger partial charge in [-0.05, 0) is 57.0 Å². The predicted octanol–water partition coefficient (Wildman–Crippen LogP) is 3.13. The van der Waals surface area contributed by atoms with Crippen LogP contribution >= 0.6 is 0 Å². The molecule has 2 fully saturated rings. The van der Waals surface area contributed by atoms with Gasteiger partial charge < -0.3 is 10.2 Å². The van der Waals surface area contributed by atoms with E-state index in [1.165, 1.54) is 51.6 Å². The molecule has 0 amide bonds. The van der Waals surface area contributed by atoms with Crippen molar-refractivity contribution in [1.82, 2.24) is 10.2 Å². The molecule has 18 heavy (non-hydrogen) atoms. The van der Waals surface area contributed by atoms with E-state index >= 15 is 0 Å². The average Bonchev–Trinajstić information content (AvgIpc) is 2.87. The van der Waals surface area contributed by atoms with Crippen LogP contribution in [0.5, 0.6) is 0 Å². The number of nitrogens with one attached hydrogen (secondary N) is 1. The monoisotopic (exact) mass is 252 g/mol. The van der Waals surface area contributed by atoms with Crippen molar-refractivity contribution < 1.29 is 0 Å². The average molecular weight is 252 g/mol. The van der Waals surface area contributed by atoms with Gasteiger partial charge in [0.2, 0.25) is 0 Å². The highest BCUT2D eigenvalue weighted by Gasteiger charge is 2.41. The van der Waals surface area contributed by atoms with E-state index in [4.69, 9.17) is 0 Å². The fraction of sp³-hybridized carbons (Fsp3) is 1.00. The molecule has 0 aliphatic heterocycles. The minimum Gasteiger partial charge on any atom is -0.316 e. The highest BCUT2D eigenvalue weighted by Crippen LogP contribution is 2.41. The molecule has 106 valence electrons. The number of hydrogen-bond acceptors (Lipinski definition) is 2. The third-order valence-electron chi connectivity index (χ3n) is 5.37. The molecule has 2 aliphatic rings. The molecule has 2 aliphatic carbocycles. The van der Waals surface area contributed by atoms with Crippen molar-refractivity contribution >= 4 is 0 Å². The van der Waals surface area contributed by atoms with Crippen LogP contribution in [0.4, 0.5) is 0 Å². The fourth-order valence-corrected chi connectivity index (χ4v) is 4.45. The number of hydrogen-bond donors (Lipinski definition) is 1. The first-order valence-electron chi connectivity index (χ1n) is 7.89. The lowest BCUT2D eigenvalue weighted by atomic mass is 9.85. The topological polar surface area (TPSA) is 15.3 Å². The summed E-state index contributed by atoms with van der Waals surface area (Å²) in [4.78, 5) is 2.60. The summed E-state index contributed by atoms with van der Waals surface area (Å²) < 4.78 is 0. The van der Waals surface area contributed by atoms with Gasteiger partial charge in [-0.2, -0.15) is 0 Å². The predicted molar refractivity (Wildman–Crippen MR) is 78.8 cm³/mol. The molecule has 2 heteroatoms. The van der Waals surface area contributed by atoms with Gasteiger partial charge in [0, 0.05) is 19.1 Å². The molecular formula is C16H32N2. The van der Waals surface area contributed by atoms with E-state index in [1.807, 2.05) is 0 Å². The molecule has 2 atom stereocenters. The van der Waals surface area contributed by atoms with Crippen LogP contribution in [-0.4, -0.2) is 38.1 Å². The van der Waals surface area contributed by atoms with Crippen LogP contribution in [0.25, 0.3) is 0 Å². The zero-order valence-electron chi connectivity index (χ0n) is 12.8. The summed E-state index contributed by atoms with van der Waals surface area (Å²) in [5.74, 6) is 1.83. The Balaban J connectivity index is 1.81. The zero-order chi connectivity index (χ0) is 13.2. The van der Waals surface area contributed by atoms with Crippen LogP contribution in [-0.2, 0) is 0 Å². The second kappa shape index (κ2) is 5.92. The van der Waals surface area contributed by atoms with Crippen LogP contribution in [0.15, 0.2) is 0 Å². The van der Waals surface area contributed by atoms with Crippen LogP contribution in [0.2, 0.25) is 0 Å². The molecule has 1 N–H and O–H groups in total. The quantitative estimate of drug-likeness (QED) is 0.809. The summed E-state index contributed by atoms with van der Waals surface area (Å²) in [7, 11) is 4.47. The Morgan fingerprint density at radius 2 is 1.78 bits per heavy atom. The Labute approximate surface area is 114 Å². The van der Waals surface area contributed by atoms with Crippen molar-refractivity contribution in [3.05, 3.63) is 0 Å². The van der Waals surface area contributed by atoms with E-state index < -0.39 is 0 Å². The first-order valence-corrected chi connectivity index (χ1v) is 7.89. The van der Waals surface area contributed by atoms with Crippen LogP contribution < -0.4 is 5.32 Å². The Morgan fingerprint density at radius 1 is 1.11 bits per heavy atom. The van der Waals surface area contributed by atoms with Crippen molar-refractivity contribution in [1.29, 1.82) is 0 Å². The molecule has 0 bridgehead atoms. The lowest BCUT2D eigenvalue weighted by molar-refractivity contribution is 0.195. The molecule has 0 heterocycles. The lowest BCUT2D eigenvalue weighted by Gasteiger charge is -2.33. The van der Waals surface area contributed by atoms with Crippen LogP contribution in [0, 0.1) is 17.3 Å². The van der Waals surface area contributed by atoms with E-state index in [0.29, 0.717) is 11.5 Å². The van der Waals surface area contributed by atoms with Crippen molar-refractivity contribution in [3.8, 4) is 0 Å². The maximum absolute atomic E-state index is 3.58. The molecule has 2 nitrogen and oxygen atoms in total. The molecule has 0 aromatic carbocycles. The second-order valence-corrected chi connectivity index (χ2v) is 7.43. The van der Waals surface area contributed by atoms with E-state index in [0.717, 1.165) is 11.8 Å². The molecular weight excluding hydrogens is 220 g/mol. The SMILES string of the molecule is CNC1C(CN(C)CC2CCCC2)CCC1(C)C. The first-order chi connectivity index (χ1) is 8.53. The Hall–Kier alpha value is -0.0800. The molecule has 0 aromatic rings. The summed E-state index contributed by atoms with van der Waals surface area (Å²) in [6.45, 7) is 7.45. The Bertz CT molecular complexity index is 256. The fourth-order valence-electron chi connectivity index (χ4n) is 4.45. The van der Waals surface area contributed by atoms with Crippen LogP contribution in [0.1, 0.15) is 52.4 Å². The van der Waals surface area contributed by atoms with Crippen molar-refractivity contribution in [2.75, 3.05) is 27.2 Å². The van der Waals surface area contributed by atoms with E-state index in [-0.39, 0.29) is 0 Å². The zero-order valence-corrected chi connectivity index (χ0v) is 12.8. The van der Waals surface area contributed by atoms with E-state index in [1.54, 1.807) is 0 Å². The molecule has 2 rings (SSSR count). The summed E-state index contributed by atoms with van der Waals surface area (Å²) in [6, 6.07) is 0.698. The van der Waals surface area contributed by atoms with E-state index in [2.05, 4.69) is 38.2 Å². The van der Waals surface area contributed by atoms with Gasteiger partial charge in [-0.3, -0.25) is 0 Å². The lowest BCUT2D eigenvalue weighted by Crippen LogP contribution is -2.44. The van der Waals surface area contributed by atoms with Gasteiger partial charge in [0.1, 0.15) is 0 Å². The minimum atomic E-state index is 0.480. The normalized spacial score (nSPS) is 32.5. The third kappa shape index (κ3) is 3.27. The summed E-state index contributed by atoms with van der Waals surface area (Å²) in [5.41, 5.74) is 0.480. The molecule has 0 aromatic heterocycles. The van der Waals surface area contributed by atoms with Crippen molar-refractivity contribution in [3.63, 3.8) is 0 Å². The highest BCUT2D eigenvalue weighted by molar-refractivity contribution is 4.96. The van der Waals surface area contributed by atoms with Crippen LogP contribution in [0.3, 0.4) is 0 Å². The summed E-state index contributed by atoms with van der Waals surface area (Å²) in [5, 5.41) is 3.58. The van der Waals surface area contributed by atoms with Crippen molar-refractivity contribution in [2.24, 2.45) is 17.3 Å². The summed E-state index contributed by atoms with van der Waals surface area (Å²) in [6.07, 6.45) is 8.64. The molecule has 0 spiro atoms. The van der Waals surface area contributed by atoms with Gasteiger partial charge in [0.25, 0.3) is 0 Å². The van der Waals surface area contributed by atoms with Gasteiger partial charge in [-0.15, -0.1) is 0 Å². The largest absolute Gasteiger partial charge is 0.316 e. The highest BCUT2D eigenvalue weighted by atomic mass is 15.1. The number of nitrogens with zero attached hydrogens (tertiary/aromatic N) is 1. The van der Waals surface area contributed by atoms with E-state index in [9.17, 15) is 0 Å². The van der Waals surface area contributed by atoms with Crippen molar-refractivity contribution in [2.45, 2.75) is 58.4 Å². The standard InChI is InChI=1S/C16H32N2/c1-16(2)10-9-14(15(16)17-3)12-18(4)11-13-7-5-6-8-13/h13-15,17H,5-12H2,1-4H3. The first kappa shape index (κ1) is 14.3. The number of rotatable bonds is 5. The smallest absolute Gasteiger partial charge is 0.0156 e. The van der Waals surface area contributed by atoms with Gasteiger partial charge in [0.05, 0.1) is 0 Å². The third-order valence-corrected chi connectivity index (χ3v) is 5.37. The Kier molecular flexibility index (Phi) is 4.71. The van der Waals surface area contributed by atoms with Gasteiger partial charge in [-0.1, -0.05) is 26.7 Å². The van der Waals surface area contributed by atoms with Gasteiger partial charge >= 0.3 is 0 Å². The maximum Gasteiger partial charge on any atom is 0.0156 e. The Morgan fingerprint density at radius 3 is 2.39 bits per heavy atom. The maximum atomic E-state index is 3.58. The summed E-state index contributed by atoms with van der Waals surface area (Å²) >= 11 is 0. The van der Waals surface area contributed by atoms with Gasteiger partial charge in [-0.25, -0.2) is 0 Å². The molecule has 2 unspecified atom stereocenters. The second-order valence-electron chi connectivity index (χ2n) is 7.43. The minimum absolute atomic E-state index is 0.480. The molecule has 2 saturated carbocycles. The molecule has 0 radical (unpaired) electrons. The molecule has 0 saturated heterocycles. The van der Waals surface area contributed by atoms with Gasteiger partial charge in [0.15, 0.2) is 0 Å².